The van der Waals surface area contributed by atoms with Crippen molar-refractivity contribution in [3.8, 4) is 12.3 Å². The van der Waals surface area contributed by atoms with Crippen LogP contribution in [-0.4, -0.2) is 17.6 Å². The van der Waals surface area contributed by atoms with Crippen molar-refractivity contribution in [2.75, 3.05) is 6.54 Å². The number of nitrogens with one attached hydrogen (secondary N) is 1. The van der Waals surface area contributed by atoms with E-state index >= 15 is 0 Å². The van der Waals surface area contributed by atoms with Gasteiger partial charge in [-0.15, -0.1) is 23.7 Å². The van der Waals surface area contributed by atoms with E-state index in [1.54, 1.807) is 11.3 Å². The quantitative estimate of drug-likeness (QED) is 0.736. The second-order valence-corrected chi connectivity index (χ2v) is 5.02. The van der Waals surface area contributed by atoms with Gasteiger partial charge in [-0.3, -0.25) is 0 Å². The Hall–Kier alpha value is -0.850. The minimum absolute atomic E-state index is 0.470. The summed E-state index contributed by atoms with van der Waals surface area (Å²) in [4.78, 5) is 4.49. The molecule has 16 heavy (non-hydrogen) atoms. The van der Waals surface area contributed by atoms with Crippen molar-refractivity contribution in [3.63, 3.8) is 0 Å². The third-order valence-corrected chi connectivity index (χ3v) is 3.26. The summed E-state index contributed by atoms with van der Waals surface area (Å²) in [5, 5.41) is 6.82. The highest BCUT2D eigenvalue weighted by atomic mass is 32.1. The molecule has 1 aromatic heterocycles. The van der Waals surface area contributed by atoms with E-state index in [1.165, 1.54) is 5.69 Å². The molecule has 0 spiro atoms. The summed E-state index contributed by atoms with van der Waals surface area (Å²) in [7, 11) is 0. The van der Waals surface area contributed by atoms with Crippen LogP contribution < -0.4 is 5.32 Å². The second kappa shape index (κ2) is 7.43. The lowest BCUT2D eigenvalue weighted by molar-refractivity contribution is 0.480. The Kier molecular flexibility index (Phi) is 6.14. The lowest BCUT2D eigenvalue weighted by Crippen LogP contribution is -2.31. The standard InChI is InChI=1S/C13H20N2S/c1-4-6-7-12(14-8-5-2)9-13-10-16-11(3)15-13/h1,10,12,14H,5-9H2,2-3H3. The number of aromatic nitrogens is 1. The van der Waals surface area contributed by atoms with Crippen molar-refractivity contribution in [2.24, 2.45) is 0 Å². The van der Waals surface area contributed by atoms with Crippen molar-refractivity contribution in [3.05, 3.63) is 16.1 Å². The van der Waals surface area contributed by atoms with E-state index in [2.05, 4.69) is 28.5 Å². The molecule has 3 heteroatoms. The summed E-state index contributed by atoms with van der Waals surface area (Å²) in [5.41, 5.74) is 1.19. The van der Waals surface area contributed by atoms with Gasteiger partial charge in [0.1, 0.15) is 0 Å². The van der Waals surface area contributed by atoms with Crippen LogP contribution in [0.1, 0.15) is 36.9 Å². The number of hydrogen-bond acceptors (Lipinski definition) is 3. The largest absolute Gasteiger partial charge is 0.314 e. The van der Waals surface area contributed by atoms with Gasteiger partial charge in [0, 0.05) is 24.3 Å². The van der Waals surface area contributed by atoms with Gasteiger partial charge < -0.3 is 5.32 Å². The molecule has 0 aliphatic carbocycles. The van der Waals surface area contributed by atoms with Crippen molar-refractivity contribution >= 4 is 11.3 Å². The molecule has 0 radical (unpaired) electrons. The van der Waals surface area contributed by atoms with E-state index in [-0.39, 0.29) is 0 Å². The molecule has 88 valence electrons. The Morgan fingerprint density at radius 3 is 3.00 bits per heavy atom. The van der Waals surface area contributed by atoms with Crippen molar-refractivity contribution < 1.29 is 0 Å². The van der Waals surface area contributed by atoms with E-state index in [9.17, 15) is 0 Å². The molecule has 1 N–H and O–H groups in total. The molecule has 0 amide bonds. The van der Waals surface area contributed by atoms with Gasteiger partial charge in [0.15, 0.2) is 0 Å². The van der Waals surface area contributed by atoms with Crippen LogP contribution >= 0.6 is 11.3 Å². The summed E-state index contributed by atoms with van der Waals surface area (Å²) >= 11 is 1.71. The molecule has 1 rings (SSSR count). The molecule has 0 fully saturated rings. The molecule has 1 atom stereocenters. The van der Waals surface area contributed by atoms with Gasteiger partial charge >= 0.3 is 0 Å². The number of aryl methyl sites for hydroxylation is 1. The molecule has 0 bridgehead atoms. The normalized spacial score (nSPS) is 12.3. The van der Waals surface area contributed by atoms with Crippen LogP contribution in [0.4, 0.5) is 0 Å². The Bertz CT molecular complexity index is 338. The van der Waals surface area contributed by atoms with Crippen molar-refractivity contribution in [2.45, 2.75) is 45.6 Å². The first kappa shape index (κ1) is 13.2. The third-order valence-electron chi connectivity index (χ3n) is 2.44. The van der Waals surface area contributed by atoms with Gasteiger partial charge in [0.05, 0.1) is 10.7 Å². The van der Waals surface area contributed by atoms with Crippen molar-refractivity contribution in [1.29, 1.82) is 0 Å². The molecular formula is C13H20N2S. The SMILES string of the molecule is C#CCCC(Cc1csc(C)n1)NCCC. The smallest absolute Gasteiger partial charge is 0.0897 e. The Balaban J connectivity index is 2.45. The first-order valence-corrected chi connectivity index (χ1v) is 6.72. The van der Waals surface area contributed by atoms with Crippen LogP contribution in [0.25, 0.3) is 0 Å². The number of terminal acetylenes is 1. The Labute approximate surface area is 102 Å². The summed E-state index contributed by atoms with van der Waals surface area (Å²) in [6.07, 6.45) is 9.33. The maximum atomic E-state index is 5.31. The summed E-state index contributed by atoms with van der Waals surface area (Å²) < 4.78 is 0. The van der Waals surface area contributed by atoms with Gasteiger partial charge in [0.25, 0.3) is 0 Å². The van der Waals surface area contributed by atoms with Crippen LogP contribution in [0.15, 0.2) is 5.38 Å². The fourth-order valence-corrected chi connectivity index (χ4v) is 2.26. The molecule has 1 aromatic rings. The summed E-state index contributed by atoms with van der Waals surface area (Å²) in [6.45, 7) is 5.28. The molecule has 0 saturated carbocycles. The molecule has 0 aliphatic rings. The second-order valence-electron chi connectivity index (χ2n) is 3.96. The predicted octanol–water partition coefficient (Wildman–Crippen LogP) is 2.78. The van der Waals surface area contributed by atoms with Crippen LogP contribution in [-0.2, 0) is 6.42 Å². The highest BCUT2D eigenvalue weighted by Gasteiger charge is 2.09. The van der Waals surface area contributed by atoms with Gasteiger partial charge in [-0.1, -0.05) is 6.92 Å². The van der Waals surface area contributed by atoms with Crippen LogP contribution in [0.3, 0.4) is 0 Å². The molecule has 2 nitrogen and oxygen atoms in total. The van der Waals surface area contributed by atoms with E-state index in [0.29, 0.717) is 6.04 Å². The number of hydrogen-bond donors (Lipinski definition) is 1. The van der Waals surface area contributed by atoms with Gasteiger partial charge in [-0.25, -0.2) is 4.98 Å². The zero-order valence-corrected chi connectivity index (χ0v) is 10.9. The van der Waals surface area contributed by atoms with Crippen LogP contribution in [0.5, 0.6) is 0 Å². The minimum atomic E-state index is 0.470. The maximum absolute atomic E-state index is 5.31. The van der Waals surface area contributed by atoms with E-state index in [1.807, 2.05) is 6.92 Å². The fraction of sp³-hybridized carbons (Fsp3) is 0.615. The highest BCUT2D eigenvalue weighted by molar-refractivity contribution is 7.09. The average molecular weight is 236 g/mol. The fourth-order valence-electron chi connectivity index (χ4n) is 1.64. The summed E-state index contributed by atoms with van der Waals surface area (Å²) in [5.74, 6) is 2.71. The predicted molar refractivity (Wildman–Crippen MR) is 70.7 cm³/mol. The molecule has 0 aromatic carbocycles. The number of thiazole rings is 1. The molecule has 1 unspecified atom stereocenters. The first-order valence-electron chi connectivity index (χ1n) is 5.84. The lowest BCUT2D eigenvalue weighted by Gasteiger charge is -2.16. The van der Waals surface area contributed by atoms with Crippen LogP contribution in [0.2, 0.25) is 0 Å². The Morgan fingerprint density at radius 2 is 2.44 bits per heavy atom. The van der Waals surface area contributed by atoms with E-state index in [4.69, 9.17) is 6.42 Å². The summed E-state index contributed by atoms with van der Waals surface area (Å²) in [6, 6.07) is 0.470. The molecular weight excluding hydrogens is 216 g/mol. The zero-order valence-electron chi connectivity index (χ0n) is 10.1. The van der Waals surface area contributed by atoms with E-state index in [0.717, 1.165) is 37.2 Å². The van der Waals surface area contributed by atoms with Gasteiger partial charge in [-0.2, -0.15) is 0 Å². The molecule has 0 aliphatic heterocycles. The third kappa shape index (κ3) is 4.78. The number of rotatable bonds is 7. The topological polar surface area (TPSA) is 24.9 Å². The first-order chi connectivity index (χ1) is 7.76. The molecule has 1 heterocycles. The van der Waals surface area contributed by atoms with Gasteiger partial charge in [0.2, 0.25) is 0 Å². The average Bonchev–Trinajstić information content (AvgIpc) is 2.68. The van der Waals surface area contributed by atoms with Gasteiger partial charge in [-0.05, 0) is 26.3 Å². The molecule has 0 saturated heterocycles. The van der Waals surface area contributed by atoms with E-state index < -0.39 is 0 Å². The van der Waals surface area contributed by atoms with Crippen LogP contribution in [0, 0.1) is 19.3 Å². The lowest BCUT2D eigenvalue weighted by atomic mass is 10.1. The van der Waals surface area contributed by atoms with Crippen molar-refractivity contribution in [1.82, 2.24) is 10.3 Å². The Morgan fingerprint density at radius 1 is 1.62 bits per heavy atom. The highest BCUT2D eigenvalue weighted by Crippen LogP contribution is 2.12. The maximum Gasteiger partial charge on any atom is 0.0897 e. The monoisotopic (exact) mass is 236 g/mol. The zero-order chi connectivity index (χ0) is 11.8. The minimum Gasteiger partial charge on any atom is -0.314 e. The number of nitrogens with zero attached hydrogens (tertiary/aromatic N) is 1.